The molecule has 0 fully saturated rings. The van der Waals surface area contributed by atoms with Crippen LogP contribution in [0.25, 0.3) is 0 Å². The number of carbonyl (C=O) groups excluding carboxylic acids is 1. The first-order valence-electron chi connectivity index (χ1n) is 7.35. The van der Waals surface area contributed by atoms with Gasteiger partial charge in [-0.3, -0.25) is 14.4 Å². The molecule has 0 saturated heterocycles. The fraction of sp³-hybridized carbons (Fsp3) is 0.357. The zero-order chi connectivity index (χ0) is 19.7. The molecule has 11 nitrogen and oxygen atoms in total. The summed E-state index contributed by atoms with van der Waals surface area (Å²) in [5, 5.41) is 17.4. The first-order valence-corrected chi connectivity index (χ1v) is 8.17. The second-order valence-corrected chi connectivity index (χ2v) is 6.32. The SMILES string of the molecule is CC(=O)Sc1nc[nH]c1C[C@H](N)C(=O)O.N[C@@H](Cc1cnc[nH]1)C(=O)O. The molecule has 2 rings (SSSR count). The van der Waals surface area contributed by atoms with Gasteiger partial charge in [-0.25, -0.2) is 9.97 Å². The van der Waals surface area contributed by atoms with Gasteiger partial charge in [0, 0.05) is 31.7 Å². The molecule has 12 heteroatoms. The average molecular weight is 384 g/mol. The summed E-state index contributed by atoms with van der Waals surface area (Å²) >= 11 is 0.956. The van der Waals surface area contributed by atoms with E-state index in [-0.39, 0.29) is 18.0 Å². The number of aromatic amines is 2. The van der Waals surface area contributed by atoms with Crippen molar-refractivity contribution in [2.24, 2.45) is 11.5 Å². The highest BCUT2D eigenvalue weighted by Crippen LogP contribution is 2.20. The van der Waals surface area contributed by atoms with Crippen LogP contribution in [0.4, 0.5) is 0 Å². The van der Waals surface area contributed by atoms with E-state index >= 15 is 0 Å². The molecular formula is C14H20N6O5S. The molecule has 8 N–H and O–H groups in total. The number of rotatable bonds is 7. The maximum Gasteiger partial charge on any atom is 0.320 e. The van der Waals surface area contributed by atoms with E-state index in [0.29, 0.717) is 10.7 Å². The molecule has 0 radical (unpaired) electrons. The Morgan fingerprint density at radius 1 is 1.12 bits per heavy atom. The van der Waals surface area contributed by atoms with Gasteiger partial charge in [0.25, 0.3) is 0 Å². The standard InChI is InChI=1S/C8H11N3O3S.C6H9N3O2/c1-4(12)15-7-6(10-3-11-7)2-5(9)8(13)14;7-5(6(10)11)1-4-2-8-3-9-4/h3,5H,2,9H2,1H3,(H,10,11)(H,13,14);2-3,5H,1,7H2,(H,8,9)(H,10,11)/t2*5-/m00/s1. The summed E-state index contributed by atoms with van der Waals surface area (Å²) in [6, 6.07) is -1.84. The highest BCUT2D eigenvalue weighted by molar-refractivity contribution is 8.13. The molecule has 2 heterocycles. The van der Waals surface area contributed by atoms with Gasteiger partial charge in [-0.2, -0.15) is 0 Å². The lowest BCUT2D eigenvalue weighted by Crippen LogP contribution is -2.32. The molecule has 0 saturated carbocycles. The van der Waals surface area contributed by atoms with E-state index in [1.807, 2.05) is 0 Å². The molecule has 0 amide bonds. The Balaban J connectivity index is 0.000000273. The van der Waals surface area contributed by atoms with Gasteiger partial charge in [0.15, 0.2) is 5.12 Å². The van der Waals surface area contributed by atoms with Gasteiger partial charge in [-0.15, -0.1) is 0 Å². The molecule has 0 bridgehead atoms. The van der Waals surface area contributed by atoms with Crippen molar-refractivity contribution in [3.05, 3.63) is 30.2 Å². The lowest BCUT2D eigenvalue weighted by atomic mass is 10.2. The highest BCUT2D eigenvalue weighted by Gasteiger charge is 2.17. The number of thioether (sulfide) groups is 1. The number of nitrogens with zero attached hydrogens (tertiary/aromatic N) is 2. The van der Waals surface area contributed by atoms with Gasteiger partial charge in [0.1, 0.15) is 17.1 Å². The number of nitrogens with one attached hydrogen (secondary N) is 2. The van der Waals surface area contributed by atoms with E-state index < -0.39 is 24.0 Å². The number of carboxylic acids is 2. The van der Waals surface area contributed by atoms with Gasteiger partial charge >= 0.3 is 11.9 Å². The van der Waals surface area contributed by atoms with E-state index in [1.165, 1.54) is 19.6 Å². The molecule has 2 aromatic heterocycles. The summed E-state index contributed by atoms with van der Waals surface area (Å²) in [6.07, 6.45) is 4.88. The molecule has 0 unspecified atom stereocenters. The van der Waals surface area contributed by atoms with Crippen LogP contribution in [0.15, 0.2) is 23.9 Å². The van der Waals surface area contributed by atoms with Crippen LogP contribution in [-0.2, 0) is 27.2 Å². The van der Waals surface area contributed by atoms with Crippen LogP contribution in [0.1, 0.15) is 18.3 Å². The van der Waals surface area contributed by atoms with Crippen LogP contribution < -0.4 is 11.5 Å². The van der Waals surface area contributed by atoms with Crippen molar-refractivity contribution < 1.29 is 24.6 Å². The zero-order valence-electron chi connectivity index (χ0n) is 13.9. The third-order valence-electron chi connectivity index (χ3n) is 2.97. The zero-order valence-corrected chi connectivity index (χ0v) is 14.7. The third kappa shape index (κ3) is 7.46. The third-order valence-corrected chi connectivity index (χ3v) is 3.80. The van der Waals surface area contributed by atoms with Gasteiger partial charge < -0.3 is 31.6 Å². The number of H-pyrrole nitrogens is 2. The summed E-state index contributed by atoms with van der Waals surface area (Å²) in [7, 11) is 0. The van der Waals surface area contributed by atoms with Crippen LogP contribution in [0.2, 0.25) is 0 Å². The summed E-state index contributed by atoms with van der Waals surface area (Å²) in [4.78, 5) is 44.8. The quantitative estimate of drug-likeness (QED) is 0.333. The lowest BCUT2D eigenvalue weighted by molar-refractivity contribution is -0.139. The van der Waals surface area contributed by atoms with E-state index in [9.17, 15) is 14.4 Å². The molecule has 0 aliphatic heterocycles. The Labute approximate surface area is 152 Å². The Hall–Kier alpha value is -2.70. The van der Waals surface area contributed by atoms with Gasteiger partial charge in [0.05, 0.1) is 18.3 Å². The first-order chi connectivity index (χ1) is 12.2. The van der Waals surface area contributed by atoms with Crippen molar-refractivity contribution in [3.8, 4) is 0 Å². The summed E-state index contributed by atoms with van der Waals surface area (Å²) in [5.74, 6) is -2.08. The van der Waals surface area contributed by atoms with Crippen LogP contribution in [0, 0.1) is 0 Å². The normalized spacial score (nSPS) is 12.6. The maximum atomic E-state index is 10.8. The number of aliphatic carboxylic acids is 2. The minimum Gasteiger partial charge on any atom is -0.480 e. The second kappa shape index (κ2) is 10.3. The summed E-state index contributed by atoms with van der Waals surface area (Å²) in [6.45, 7) is 1.42. The molecule has 0 spiro atoms. The number of aromatic nitrogens is 4. The Kier molecular flexibility index (Phi) is 8.48. The van der Waals surface area contributed by atoms with Crippen molar-refractivity contribution in [2.75, 3.05) is 0 Å². The smallest absolute Gasteiger partial charge is 0.320 e. The topological polar surface area (TPSA) is 201 Å². The Morgan fingerprint density at radius 3 is 2.23 bits per heavy atom. The van der Waals surface area contributed by atoms with Gasteiger partial charge in [-0.05, 0) is 11.8 Å². The summed E-state index contributed by atoms with van der Waals surface area (Å²) in [5.41, 5.74) is 11.9. The summed E-state index contributed by atoms with van der Waals surface area (Å²) < 4.78 is 0. The van der Waals surface area contributed by atoms with E-state index in [4.69, 9.17) is 21.7 Å². The highest BCUT2D eigenvalue weighted by atomic mass is 32.2. The molecular weight excluding hydrogens is 364 g/mol. The predicted octanol–water partition coefficient (Wildman–Crippen LogP) is -0.633. The van der Waals surface area contributed by atoms with E-state index in [2.05, 4.69) is 19.9 Å². The van der Waals surface area contributed by atoms with Crippen LogP contribution in [-0.4, -0.2) is 59.3 Å². The Bertz CT molecular complexity index is 732. The largest absolute Gasteiger partial charge is 0.480 e. The van der Waals surface area contributed by atoms with Crippen molar-refractivity contribution in [3.63, 3.8) is 0 Å². The lowest BCUT2D eigenvalue weighted by Gasteiger charge is -2.05. The first kappa shape index (κ1) is 21.3. The fourth-order valence-corrected chi connectivity index (χ4v) is 2.35. The molecule has 2 aromatic rings. The monoisotopic (exact) mass is 384 g/mol. The van der Waals surface area contributed by atoms with Gasteiger partial charge in [0.2, 0.25) is 0 Å². The van der Waals surface area contributed by atoms with Crippen molar-refractivity contribution in [2.45, 2.75) is 36.9 Å². The molecule has 2 atom stereocenters. The minimum absolute atomic E-state index is 0.104. The van der Waals surface area contributed by atoms with Crippen LogP contribution >= 0.6 is 11.8 Å². The minimum atomic E-state index is -1.08. The fourth-order valence-electron chi connectivity index (χ4n) is 1.71. The molecule has 0 aliphatic rings. The number of nitrogens with two attached hydrogens (primary N) is 2. The van der Waals surface area contributed by atoms with Crippen molar-refractivity contribution in [1.29, 1.82) is 0 Å². The molecule has 26 heavy (non-hydrogen) atoms. The number of hydrogen-bond acceptors (Lipinski definition) is 8. The number of imidazole rings is 2. The van der Waals surface area contributed by atoms with E-state index in [1.54, 1.807) is 6.20 Å². The van der Waals surface area contributed by atoms with Crippen LogP contribution in [0.5, 0.6) is 0 Å². The number of carboxylic acid groups (broad SMARTS) is 2. The maximum absolute atomic E-state index is 10.8. The second-order valence-electron chi connectivity index (χ2n) is 5.15. The predicted molar refractivity (Wildman–Crippen MR) is 92.3 cm³/mol. The number of carbonyl (C=O) groups is 3. The van der Waals surface area contributed by atoms with E-state index in [0.717, 1.165) is 17.5 Å². The molecule has 142 valence electrons. The number of hydrogen-bond donors (Lipinski definition) is 6. The van der Waals surface area contributed by atoms with Gasteiger partial charge in [-0.1, -0.05) is 0 Å². The molecule has 0 aliphatic carbocycles. The average Bonchev–Trinajstić information content (AvgIpc) is 3.20. The van der Waals surface area contributed by atoms with Crippen LogP contribution in [0.3, 0.4) is 0 Å². The Morgan fingerprint density at radius 2 is 1.73 bits per heavy atom. The molecule has 0 aromatic carbocycles. The van der Waals surface area contributed by atoms with Crippen molar-refractivity contribution >= 4 is 28.8 Å². The van der Waals surface area contributed by atoms with Crippen molar-refractivity contribution in [1.82, 2.24) is 19.9 Å².